The summed E-state index contributed by atoms with van der Waals surface area (Å²) in [7, 11) is -2.29. The SMILES string of the molecule is CN1C(=O)c2ccc(S(=O)(=O)N3C4CCNCC3CC4)cc2C1=O. The highest BCUT2D eigenvalue weighted by molar-refractivity contribution is 7.89. The molecule has 1 N–H and O–H groups in total. The molecule has 0 aromatic heterocycles. The number of carbonyl (C=O) groups is 2. The van der Waals surface area contributed by atoms with Gasteiger partial charge >= 0.3 is 0 Å². The molecule has 1 aromatic rings. The summed E-state index contributed by atoms with van der Waals surface area (Å²) in [6.07, 6.45) is 2.51. The number of nitrogens with zero attached hydrogens (tertiary/aromatic N) is 2. The first-order chi connectivity index (χ1) is 11.4. The molecule has 2 fully saturated rings. The topological polar surface area (TPSA) is 86.8 Å². The molecule has 1 aromatic carbocycles. The zero-order valence-electron chi connectivity index (χ0n) is 13.4. The van der Waals surface area contributed by atoms with Gasteiger partial charge in [0, 0.05) is 25.7 Å². The molecular formula is C16H19N3O4S. The number of benzene rings is 1. The van der Waals surface area contributed by atoms with Gasteiger partial charge in [-0.2, -0.15) is 4.31 Å². The first-order valence-electron chi connectivity index (χ1n) is 8.12. The van der Waals surface area contributed by atoms with Crippen LogP contribution in [0.3, 0.4) is 0 Å². The molecule has 2 amide bonds. The van der Waals surface area contributed by atoms with Crippen LogP contribution in [0.2, 0.25) is 0 Å². The highest BCUT2D eigenvalue weighted by atomic mass is 32.2. The molecule has 2 bridgehead atoms. The van der Waals surface area contributed by atoms with E-state index in [-0.39, 0.29) is 28.1 Å². The van der Waals surface area contributed by atoms with E-state index in [2.05, 4.69) is 5.32 Å². The van der Waals surface area contributed by atoms with Crippen LogP contribution in [-0.2, 0) is 10.0 Å². The number of rotatable bonds is 2. The Morgan fingerprint density at radius 1 is 1.04 bits per heavy atom. The van der Waals surface area contributed by atoms with Gasteiger partial charge in [0.2, 0.25) is 10.0 Å². The summed E-state index contributed by atoms with van der Waals surface area (Å²) in [6.45, 7) is 1.47. The van der Waals surface area contributed by atoms with Gasteiger partial charge in [-0.05, 0) is 44.0 Å². The highest BCUT2D eigenvalue weighted by Gasteiger charge is 2.44. The molecule has 2 unspecified atom stereocenters. The summed E-state index contributed by atoms with van der Waals surface area (Å²) >= 11 is 0. The monoisotopic (exact) mass is 349 g/mol. The number of imide groups is 1. The van der Waals surface area contributed by atoms with Crippen molar-refractivity contribution in [1.29, 1.82) is 0 Å². The Kier molecular flexibility index (Phi) is 3.52. The third-order valence-corrected chi connectivity index (χ3v) is 7.22. The van der Waals surface area contributed by atoms with Gasteiger partial charge in [-0.15, -0.1) is 0 Å². The molecule has 0 radical (unpaired) electrons. The molecule has 2 atom stereocenters. The van der Waals surface area contributed by atoms with Crippen molar-refractivity contribution in [2.45, 2.75) is 36.2 Å². The van der Waals surface area contributed by atoms with Crippen molar-refractivity contribution in [2.75, 3.05) is 20.1 Å². The number of fused-ring (bicyclic) bond motifs is 3. The molecule has 8 heteroatoms. The van der Waals surface area contributed by atoms with Crippen LogP contribution in [0, 0.1) is 0 Å². The first-order valence-corrected chi connectivity index (χ1v) is 9.56. The number of sulfonamides is 1. The third kappa shape index (κ3) is 2.13. The maximum absolute atomic E-state index is 13.2. The van der Waals surface area contributed by atoms with Crippen molar-refractivity contribution in [2.24, 2.45) is 0 Å². The smallest absolute Gasteiger partial charge is 0.261 e. The van der Waals surface area contributed by atoms with Crippen LogP contribution >= 0.6 is 0 Å². The average molecular weight is 349 g/mol. The highest BCUT2D eigenvalue weighted by Crippen LogP contribution is 2.35. The quantitative estimate of drug-likeness (QED) is 0.783. The van der Waals surface area contributed by atoms with E-state index in [1.165, 1.54) is 25.2 Å². The summed E-state index contributed by atoms with van der Waals surface area (Å²) in [5.41, 5.74) is 0.436. The minimum atomic E-state index is -3.69. The lowest BCUT2D eigenvalue weighted by Gasteiger charge is -2.27. The summed E-state index contributed by atoms with van der Waals surface area (Å²) in [5, 5.41) is 3.28. The normalized spacial score (nSPS) is 27.5. The lowest BCUT2D eigenvalue weighted by atomic mass is 10.1. The molecule has 0 saturated carbocycles. The molecule has 4 rings (SSSR count). The fourth-order valence-corrected chi connectivity index (χ4v) is 5.88. The van der Waals surface area contributed by atoms with E-state index in [1.54, 1.807) is 4.31 Å². The van der Waals surface area contributed by atoms with Gasteiger partial charge < -0.3 is 5.32 Å². The molecule has 0 aliphatic carbocycles. The lowest BCUT2D eigenvalue weighted by molar-refractivity contribution is 0.0693. The maximum atomic E-state index is 13.2. The number of carbonyl (C=O) groups excluding carboxylic acids is 2. The summed E-state index contributed by atoms with van der Waals surface area (Å²) < 4.78 is 27.9. The van der Waals surface area contributed by atoms with Gasteiger partial charge in [0.15, 0.2) is 0 Å². The molecule has 3 aliphatic heterocycles. The van der Waals surface area contributed by atoms with E-state index >= 15 is 0 Å². The zero-order valence-corrected chi connectivity index (χ0v) is 14.2. The van der Waals surface area contributed by atoms with E-state index in [0.717, 1.165) is 30.7 Å². The van der Waals surface area contributed by atoms with Crippen LogP contribution in [0.25, 0.3) is 0 Å². The van der Waals surface area contributed by atoms with Crippen molar-refractivity contribution < 1.29 is 18.0 Å². The molecule has 3 heterocycles. The predicted molar refractivity (Wildman–Crippen MR) is 86.2 cm³/mol. The van der Waals surface area contributed by atoms with Crippen molar-refractivity contribution in [3.63, 3.8) is 0 Å². The van der Waals surface area contributed by atoms with Crippen LogP contribution in [0.5, 0.6) is 0 Å². The van der Waals surface area contributed by atoms with Crippen molar-refractivity contribution in [3.8, 4) is 0 Å². The number of amides is 2. The van der Waals surface area contributed by atoms with Crippen LogP contribution < -0.4 is 5.32 Å². The third-order valence-electron chi connectivity index (χ3n) is 5.22. The Morgan fingerprint density at radius 2 is 1.75 bits per heavy atom. The van der Waals surface area contributed by atoms with Crippen LogP contribution in [0.15, 0.2) is 23.1 Å². The second kappa shape index (κ2) is 5.37. The molecule has 7 nitrogen and oxygen atoms in total. The van der Waals surface area contributed by atoms with Crippen molar-refractivity contribution >= 4 is 21.8 Å². The molecule has 24 heavy (non-hydrogen) atoms. The van der Waals surface area contributed by atoms with Crippen molar-refractivity contribution in [1.82, 2.24) is 14.5 Å². The van der Waals surface area contributed by atoms with Gasteiger partial charge in [0.05, 0.1) is 16.0 Å². The molecule has 128 valence electrons. The average Bonchev–Trinajstić information content (AvgIpc) is 2.95. The van der Waals surface area contributed by atoms with Gasteiger partial charge in [-0.1, -0.05) is 0 Å². The minimum Gasteiger partial charge on any atom is -0.315 e. The largest absolute Gasteiger partial charge is 0.315 e. The Bertz CT molecular complexity index is 822. The van der Waals surface area contributed by atoms with Gasteiger partial charge in [-0.25, -0.2) is 8.42 Å². The van der Waals surface area contributed by atoms with Gasteiger partial charge in [-0.3, -0.25) is 14.5 Å². The standard InChI is InChI=1S/C16H19N3O4S/c1-18-15(20)13-5-4-12(8-14(13)16(18)21)24(22,23)19-10-2-3-11(19)9-17-7-6-10/h4-5,8,10-11,17H,2-3,6-7,9H2,1H3. The Labute approximate surface area is 140 Å². The molecule has 2 saturated heterocycles. The second-order valence-electron chi connectivity index (χ2n) is 6.59. The van der Waals surface area contributed by atoms with E-state index in [0.29, 0.717) is 6.54 Å². The van der Waals surface area contributed by atoms with E-state index in [9.17, 15) is 18.0 Å². The molecule has 3 aliphatic rings. The molecule has 0 spiro atoms. The van der Waals surface area contributed by atoms with Gasteiger partial charge in [0.1, 0.15) is 0 Å². The Morgan fingerprint density at radius 3 is 2.54 bits per heavy atom. The second-order valence-corrected chi connectivity index (χ2v) is 8.43. The Balaban J connectivity index is 1.76. The van der Waals surface area contributed by atoms with E-state index < -0.39 is 21.8 Å². The fourth-order valence-electron chi connectivity index (χ4n) is 3.95. The van der Waals surface area contributed by atoms with E-state index in [4.69, 9.17) is 0 Å². The minimum absolute atomic E-state index is 0.00302. The fraction of sp³-hybridized carbons (Fsp3) is 0.500. The van der Waals surface area contributed by atoms with Gasteiger partial charge in [0.25, 0.3) is 11.8 Å². The van der Waals surface area contributed by atoms with Crippen molar-refractivity contribution in [3.05, 3.63) is 29.3 Å². The number of hydrogen-bond acceptors (Lipinski definition) is 5. The number of hydrogen-bond donors (Lipinski definition) is 1. The summed E-state index contributed by atoms with van der Waals surface area (Å²) in [6, 6.07) is 4.20. The lowest BCUT2D eigenvalue weighted by Crippen LogP contribution is -2.42. The zero-order chi connectivity index (χ0) is 17.1. The maximum Gasteiger partial charge on any atom is 0.261 e. The number of nitrogens with one attached hydrogen (secondary N) is 1. The summed E-state index contributed by atoms with van der Waals surface area (Å²) in [5.74, 6) is -0.842. The van der Waals surface area contributed by atoms with Crippen LogP contribution in [0.4, 0.5) is 0 Å². The predicted octanol–water partition coefficient (Wildman–Crippen LogP) is 0.427. The summed E-state index contributed by atoms with van der Waals surface area (Å²) in [4.78, 5) is 25.2. The van der Waals surface area contributed by atoms with Crippen LogP contribution in [-0.4, -0.2) is 61.7 Å². The van der Waals surface area contributed by atoms with E-state index in [1.807, 2.05) is 0 Å². The Hall–Kier alpha value is -1.77. The van der Waals surface area contributed by atoms with Crippen LogP contribution in [0.1, 0.15) is 40.0 Å². The first kappa shape index (κ1) is 15.7. The molecular weight excluding hydrogens is 330 g/mol.